The maximum atomic E-state index is 11.8. The van der Waals surface area contributed by atoms with E-state index in [1.54, 1.807) is 12.1 Å². The summed E-state index contributed by atoms with van der Waals surface area (Å²) in [6.45, 7) is 0. The van der Waals surface area contributed by atoms with Gasteiger partial charge < -0.3 is 14.8 Å². The van der Waals surface area contributed by atoms with Crippen molar-refractivity contribution >= 4 is 23.2 Å². The fourth-order valence-electron chi connectivity index (χ4n) is 1.52. The lowest BCUT2D eigenvalue weighted by Crippen LogP contribution is -2.29. The van der Waals surface area contributed by atoms with Crippen molar-refractivity contribution in [1.29, 1.82) is 0 Å². The molecular formula is C12H11NO4S. The number of carboxylic acid groups (broad SMARTS) is 1. The Morgan fingerprint density at radius 2 is 2.22 bits per heavy atom. The minimum absolute atomic E-state index is 0.160. The minimum atomic E-state index is -0.965. The van der Waals surface area contributed by atoms with Crippen molar-refractivity contribution in [2.45, 2.75) is 12.5 Å². The lowest BCUT2D eigenvalue weighted by Gasteiger charge is -2.14. The molecule has 0 aliphatic carbocycles. The third-order valence-corrected chi connectivity index (χ3v) is 3.30. The van der Waals surface area contributed by atoms with Gasteiger partial charge in [-0.3, -0.25) is 9.59 Å². The Kier molecular flexibility index (Phi) is 3.78. The van der Waals surface area contributed by atoms with Gasteiger partial charge in [0.25, 0.3) is 5.91 Å². The second kappa shape index (κ2) is 5.50. The number of hydrogen-bond acceptors (Lipinski definition) is 4. The fraction of sp³-hybridized carbons (Fsp3) is 0.167. The molecule has 0 aliphatic rings. The van der Waals surface area contributed by atoms with Gasteiger partial charge in [-0.2, -0.15) is 0 Å². The molecule has 5 nitrogen and oxygen atoms in total. The normalized spacial score (nSPS) is 12.0. The monoisotopic (exact) mass is 265 g/mol. The maximum absolute atomic E-state index is 11.8. The average Bonchev–Trinajstić information content (AvgIpc) is 3.01. The van der Waals surface area contributed by atoms with Crippen LogP contribution in [0.2, 0.25) is 0 Å². The molecule has 0 spiro atoms. The van der Waals surface area contributed by atoms with Crippen LogP contribution in [0.5, 0.6) is 0 Å². The molecule has 0 fully saturated rings. The molecule has 94 valence electrons. The number of hydrogen-bond donors (Lipinski definition) is 2. The summed E-state index contributed by atoms with van der Waals surface area (Å²) < 4.78 is 4.96. The molecule has 0 saturated heterocycles. The van der Waals surface area contributed by atoms with E-state index in [0.29, 0.717) is 0 Å². The summed E-state index contributed by atoms with van der Waals surface area (Å²) in [5.41, 5.74) is 0. The summed E-state index contributed by atoms with van der Waals surface area (Å²) in [5, 5.41) is 13.3. The van der Waals surface area contributed by atoms with Crippen LogP contribution < -0.4 is 5.32 Å². The van der Waals surface area contributed by atoms with E-state index in [0.717, 1.165) is 4.88 Å². The van der Waals surface area contributed by atoms with Crippen molar-refractivity contribution in [2.24, 2.45) is 0 Å². The van der Waals surface area contributed by atoms with Crippen LogP contribution in [0.25, 0.3) is 0 Å². The SMILES string of the molecule is O=C(O)C[C@@H](NC(=O)c1ccco1)c1cccs1. The number of carboxylic acids is 1. The molecule has 1 amide bonds. The van der Waals surface area contributed by atoms with Crippen LogP contribution in [0.3, 0.4) is 0 Å². The summed E-state index contributed by atoms with van der Waals surface area (Å²) in [4.78, 5) is 23.4. The van der Waals surface area contributed by atoms with E-state index in [9.17, 15) is 9.59 Å². The molecule has 2 N–H and O–H groups in total. The zero-order valence-corrected chi connectivity index (χ0v) is 10.1. The summed E-state index contributed by atoms with van der Waals surface area (Å²) in [7, 11) is 0. The Bertz CT molecular complexity index is 518. The molecule has 2 rings (SSSR count). The largest absolute Gasteiger partial charge is 0.481 e. The van der Waals surface area contributed by atoms with Gasteiger partial charge in [0.1, 0.15) is 0 Å². The number of aliphatic carboxylic acids is 1. The number of thiophene rings is 1. The molecule has 0 saturated carbocycles. The first-order valence-electron chi connectivity index (χ1n) is 5.26. The third-order valence-electron chi connectivity index (χ3n) is 2.32. The van der Waals surface area contributed by atoms with E-state index >= 15 is 0 Å². The molecule has 0 bridgehead atoms. The Morgan fingerprint density at radius 1 is 1.39 bits per heavy atom. The van der Waals surface area contributed by atoms with Crippen LogP contribution in [0.4, 0.5) is 0 Å². The van der Waals surface area contributed by atoms with Crippen LogP contribution in [0, 0.1) is 0 Å². The first-order valence-corrected chi connectivity index (χ1v) is 6.14. The minimum Gasteiger partial charge on any atom is -0.481 e. The topological polar surface area (TPSA) is 79.5 Å². The maximum Gasteiger partial charge on any atom is 0.305 e. The lowest BCUT2D eigenvalue weighted by atomic mass is 10.1. The van der Waals surface area contributed by atoms with Gasteiger partial charge in [-0.1, -0.05) is 6.07 Å². The smallest absolute Gasteiger partial charge is 0.305 e. The molecule has 0 unspecified atom stereocenters. The molecule has 2 heterocycles. The van der Waals surface area contributed by atoms with Crippen molar-refractivity contribution in [3.63, 3.8) is 0 Å². The summed E-state index contributed by atoms with van der Waals surface area (Å²) in [6.07, 6.45) is 1.24. The number of rotatable bonds is 5. The fourth-order valence-corrected chi connectivity index (χ4v) is 2.30. The van der Waals surface area contributed by atoms with Gasteiger partial charge >= 0.3 is 5.97 Å². The second-order valence-electron chi connectivity index (χ2n) is 3.62. The van der Waals surface area contributed by atoms with Crippen LogP contribution in [0.1, 0.15) is 27.9 Å². The van der Waals surface area contributed by atoms with E-state index in [4.69, 9.17) is 9.52 Å². The first-order chi connectivity index (χ1) is 8.66. The Labute approximate surface area is 107 Å². The number of amides is 1. The quantitative estimate of drug-likeness (QED) is 0.869. The second-order valence-corrected chi connectivity index (χ2v) is 4.60. The molecule has 0 aromatic carbocycles. The number of nitrogens with one attached hydrogen (secondary N) is 1. The highest BCUT2D eigenvalue weighted by Crippen LogP contribution is 2.22. The van der Waals surface area contributed by atoms with Crippen molar-refractivity contribution in [1.82, 2.24) is 5.32 Å². The summed E-state index contributed by atoms with van der Waals surface area (Å²) in [6, 6.07) is 6.20. The molecule has 6 heteroatoms. The van der Waals surface area contributed by atoms with Gasteiger partial charge in [0.15, 0.2) is 5.76 Å². The van der Waals surface area contributed by atoms with Gasteiger partial charge in [0.2, 0.25) is 0 Å². The molecule has 0 aliphatic heterocycles. The molecule has 1 atom stereocenters. The third kappa shape index (κ3) is 2.98. The molecule has 2 aromatic heterocycles. The average molecular weight is 265 g/mol. The van der Waals surface area contributed by atoms with E-state index in [1.165, 1.54) is 23.7 Å². The molecule has 0 radical (unpaired) electrons. The highest BCUT2D eigenvalue weighted by atomic mass is 32.1. The summed E-state index contributed by atoms with van der Waals surface area (Å²) in [5.74, 6) is -1.21. The van der Waals surface area contributed by atoms with Gasteiger partial charge in [0, 0.05) is 4.88 Å². The molecule has 18 heavy (non-hydrogen) atoms. The van der Waals surface area contributed by atoms with Crippen LogP contribution >= 0.6 is 11.3 Å². The van der Waals surface area contributed by atoms with Crippen LogP contribution in [0.15, 0.2) is 40.3 Å². The highest BCUT2D eigenvalue weighted by molar-refractivity contribution is 7.10. The number of carbonyl (C=O) groups is 2. The van der Waals surface area contributed by atoms with Crippen molar-refractivity contribution in [2.75, 3.05) is 0 Å². The number of furan rings is 1. The Balaban J connectivity index is 2.11. The van der Waals surface area contributed by atoms with E-state index in [2.05, 4.69) is 5.32 Å². The van der Waals surface area contributed by atoms with Gasteiger partial charge in [-0.05, 0) is 23.6 Å². The standard InChI is InChI=1S/C12H11NO4S/c14-11(15)7-8(10-4-2-6-18-10)13-12(16)9-3-1-5-17-9/h1-6,8H,7H2,(H,13,16)(H,14,15)/t8-/m1/s1. The predicted octanol–water partition coefficient (Wildman–Crippen LogP) is 2.29. The number of carbonyl (C=O) groups excluding carboxylic acids is 1. The van der Waals surface area contributed by atoms with E-state index in [1.807, 2.05) is 11.4 Å². The van der Waals surface area contributed by atoms with Gasteiger partial charge in [0.05, 0.1) is 18.7 Å². The van der Waals surface area contributed by atoms with Crippen molar-refractivity contribution in [3.8, 4) is 0 Å². The lowest BCUT2D eigenvalue weighted by molar-refractivity contribution is -0.137. The van der Waals surface area contributed by atoms with E-state index < -0.39 is 17.9 Å². The van der Waals surface area contributed by atoms with Crippen LogP contribution in [-0.2, 0) is 4.79 Å². The zero-order valence-electron chi connectivity index (χ0n) is 9.33. The Morgan fingerprint density at radius 3 is 2.78 bits per heavy atom. The van der Waals surface area contributed by atoms with Crippen LogP contribution in [-0.4, -0.2) is 17.0 Å². The van der Waals surface area contributed by atoms with Gasteiger partial charge in [-0.25, -0.2) is 0 Å². The Hall–Kier alpha value is -2.08. The first kappa shape index (κ1) is 12.4. The van der Waals surface area contributed by atoms with Crippen molar-refractivity contribution < 1.29 is 19.1 Å². The van der Waals surface area contributed by atoms with Gasteiger partial charge in [-0.15, -0.1) is 11.3 Å². The highest BCUT2D eigenvalue weighted by Gasteiger charge is 2.20. The van der Waals surface area contributed by atoms with Crippen molar-refractivity contribution in [3.05, 3.63) is 46.5 Å². The zero-order chi connectivity index (χ0) is 13.0. The summed E-state index contributed by atoms with van der Waals surface area (Å²) >= 11 is 1.40. The van der Waals surface area contributed by atoms with E-state index in [-0.39, 0.29) is 12.2 Å². The molecule has 2 aromatic rings. The molecular weight excluding hydrogens is 254 g/mol. The predicted molar refractivity (Wildman–Crippen MR) is 65.5 cm³/mol.